The maximum atomic E-state index is 5.99. The molecule has 0 aliphatic heterocycles. The van der Waals surface area contributed by atoms with Crippen molar-refractivity contribution in [2.24, 2.45) is 0 Å². The van der Waals surface area contributed by atoms with Gasteiger partial charge >= 0.3 is 0 Å². The third-order valence-corrected chi connectivity index (χ3v) is 3.75. The molecule has 0 radical (unpaired) electrons. The van der Waals surface area contributed by atoms with Gasteiger partial charge in [-0.25, -0.2) is 0 Å². The molecule has 0 spiro atoms. The Morgan fingerprint density at radius 2 is 1.90 bits per heavy atom. The third kappa shape index (κ3) is 5.01. The number of benzene rings is 1. The van der Waals surface area contributed by atoms with Crippen LogP contribution in [0.15, 0.2) is 30.5 Å². The van der Waals surface area contributed by atoms with Crippen LogP contribution in [0.3, 0.4) is 0 Å². The van der Waals surface area contributed by atoms with Crippen LogP contribution in [-0.4, -0.2) is 11.6 Å². The van der Waals surface area contributed by atoms with Crippen molar-refractivity contribution in [3.8, 4) is 0 Å². The van der Waals surface area contributed by atoms with E-state index in [4.69, 9.17) is 10.5 Å². The van der Waals surface area contributed by atoms with E-state index in [1.165, 1.54) is 32.1 Å². The highest BCUT2D eigenvalue weighted by Gasteiger charge is 2.01. The Kier molecular flexibility index (Phi) is 6.48. The molecule has 114 valence electrons. The first-order valence-corrected chi connectivity index (χ1v) is 8.02. The molecule has 0 fully saturated rings. The van der Waals surface area contributed by atoms with Gasteiger partial charge in [0.15, 0.2) is 0 Å². The minimum absolute atomic E-state index is 0.569. The molecule has 2 rings (SSSR count). The van der Waals surface area contributed by atoms with E-state index in [1.54, 1.807) is 0 Å². The number of pyridine rings is 1. The lowest BCUT2D eigenvalue weighted by atomic mass is 10.1. The Bertz CT molecular complexity index is 554. The Labute approximate surface area is 127 Å². The fourth-order valence-electron chi connectivity index (χ4n) is 2.48. The Balaban J connectivity index is 1.72. The summed E-state index contributed by atoms with van der Waals surface area (Å²) in [6.45, 7) is 3.63. The molecular formula is C18H26N2O. The van der Waals surface area contributed by atoms with E-state index in [0.717, 1.165) is 35.2 Å². The molecule has 0 aliphatic carbocycles. The van der Waals surface area contributed by atoms with Crippen molar-refractivity contribution in [3.63, 3.8) is 0 Å². The number of anilines is 1. The van der Waals surface area contributed by atoms with Gasteiger partial charge in [-0.1, -0.05) is 51.2 Å². The van der Waals surface area contributed by atoms with Gasteiger partial charge in [0.25, 0.3) is 0 Å². The molecule has 0 bridgehead atoms. The molecule has 1 aromatic carbocycles. The number of ether oxygens (including phenoxy) is 1. The summed E-state index contributed by atoms with van der Waals surface area (Å²) in [7, 11) is 0. The number of hydrogen-bond acceptors (Lipinski definition) is 3. The number of hydrogen-bond donors (Lipinski definition) is 1. The molecule has 2 N–H and O–H groups in total. The second-order valence-electron chi connectivity index (χ2n) is 5.56. The Morgan fingerprint density at radius 3 is 2.76 bits per heavy atom. The Morgan fingerprint density at radius 1 is 1.10 bits per heavy atom. The number of unbranched alkanes of at least 4 members (excludes halogenated alkanes) is 5. The van der Waals surface area contributed by atoms with Gasteiger partial charge in [-0.3, -0.25) is 4.98 Å². The second kappa shape index (κ2) is 8.63. The summed E-state index contributed by atoms with van der Waals surface area (Å²) >= 11 is 0. The SMILES string of the molecule is CCCCCCCCOCc1cc2c(N)cccc2cn1. The topological polar surface area (TPSA) is 48.1 Å². The minimum atomic E-state index is 0.569. The van der Waals surface area contributed by atoms with Crippen molar-refractivity contribution >= 4 is 16.5 Å². The highest BCUT2D eigenvalue weighted by Crippen LogP contribution is 2.20. The number of nitrogens with zero attached hydrogens (tertiary/aromatic N) is 1. The monoisotopic (exact) mass is 286 g/mol. The van der Waals surface area contributed by atoms with Crippen molar-refractivity contribution in [3.05, 3.63) is 36.2 Å². The molecule has 0 amide bonds. The lowest BCUT2D eigenvalue weighted by Crippen LogP contribution is -1.98. The molecule has 0 aliphatic rings. The molecule has 21 heavy (non-hydrogen) atoms. The summed E-state index contributed by atoms with van der Waals surface area (Å²) in [6, 6.07) is 7.93. The summed E-state index contributed by atoms with van der Waals surface area (Å²) in [5, 5.41) is 2.14. The van der Waals surface area contributed by atoms with Gasteiger partial charge < -0.3 is 10.5 Å². The molecule has 2 aromatic rings. The van der Waals surface area contributed by atoms with E-state index in [-0.39, 0.29) is 0 Å². The molecule has 3 heteroatoms. The molecule has 1 heterocycles. The quantitative estimate of drug-likeness (QED) is 0.537. The zero-order chi connectivity index (χ0) is 14.9. The van der Waals surface area contributed by atoms with Crippen LogP contribution in [0, 0.1) is 0 Å². The Hall–Kier alpha value is -1.61. The van der Waals surface area contributed by atoms with Crippen molar-refractivity contribution in [1.82, 2.24) is 4.98 Å². The molecule has 0 atom stereocenters. The smallest absolute Gasteiger partial charge is 0.0888 e. The van der Waals surface area contributed by atoms with Crippen molar-refractivity contribution in [2.75, 3.05) is 12.3 Å². The first-order chi connectivity index (χ1) is 10.3. The fourth-order valence-corrected chi connectivity index (χ4v) is 2.48. The fraction of sp³-hybridized carbons (Fsp3) is 0.500. The zero-order valence-electron chi connectivity index (χ0n) is 13.0. The average molecular weight is 286 g/mol. The number of nitrogens with two attached hydrogens (primary N) is 1. The molecule has 0 saturated carbocycles. The first-order valence-electron chi connectivity index (χ1n) is 8.02. The zero-order valence-corrected chi connectivity index (χ0v) is 13.0. The largest absolute Gasteiger partial charge is 0.398 e. The van der Waals surface area contributed by atoms with E-state index in [0.29, 0.717) is 6.61 Å². The number of nitrogen functional groups attached to an aromatic ring is 1. The van der Waals surface area contributed by atoms with Crippen LogP contribution in [0.1, 0.15) is 51.1 Å². The molecule has 0 saturated heterocycles. The van der Waals surface area contributed by atoms with Crippen molar-refractivity contribution in [2.45, 2.75) is 52.1 Å². The van der Waals surface area contributed by atoms with Crippen LogP contribution in [0.4, 0.5) is 5.69 Å². The van der Waals surface area contributed by atoms with Gasteiger partial charge in [0, 0.05) is 29.3 Å². The maximum Gasteiger partial charge on any atom is 0.0888 e. The van der Waals surface area contributed by atoms with E-state index < -0.39 is 0 Å². The number of rotatable bonds is 9. The highest BCUT2D eigenvalue weighted by atomic mass is 16.5. The normalized spacial score (nSPS) is 11.1. The summed E-state index contributed by atoms with van der Waals surface area (Å²) < 4.78 is 5.71. The van der Waals surface area contributed by atoms with Gasteiger partial charge in [0.05, 0.1) is 12.3 Å². The number of fused-ring (bicyclic) bond motifs is 1. The molecule has 0 unspecified atom stereocenters. The van der Waals surface area contributed by atoms with E-state index in [1.807, 2.05) is 30.5 Å². The highest BCUT2D eigenvalue weighted by molar-refractivity contribution is 5.92. The first kappa shape index (κ1) is 15.8. The summed E-state index contributed by atoms with van der Waals surface area (Å²) in [5.74, 6) is 0. The third-order valence-electron chi connectivity index (χ3n) is 3.75. The van der Waals surface area contributed by atoms with Gasteiger partial charge in [-0.05, 0) is 18.6 Å². The lowest BCUT2D eigenvalue weighted by Gasteiger charge is -2.06. The summed E-state index contributed by atoms with van der Waals surface area (Å²) in [4.78, 5) is 4.43. The number of aromatic nitrogens is 1. The van der Waals surface area contributed by atoms with Crippen LogP contribution in [-0.2, 0) is 11.3 Å². The maximum absolute atomic E-state index is 5.99. The van der Waals surface area contributed by atoms with Crippen molar-refractivity contribution in [1.29, 1.82) is 0 Å². The summed E-state index contributed by atoms with van der Waals surface area (Å²) in [6.07, 6.45) is 9.59. The van der Waals surface area contributed by atoms with Crippen molar-refractivity contribution < 1.29 is 4.74 Å². The van der Waals surface area contributed by atoms with Crippen LogP contribution in [0.5, 0.6) is 0 Å². The van der Waals surface area contributed by atoms with Crippen LogP contribution < -0.4 is 5.73 Å². The van der Waals surface area contributed by atoms with Crippen LogP contribution in [0.2, 0.25) is 0 Å². The van der Waals surface area contributed by atoms with E-state index in [2.05, 4.69) is 11.9 Å². The molecular weight excluding hydrogens is 260 g/mol. The summed E-state index contributed by atoms with van der Waals surface area (Å²) in [5.41, 5.74) is 7.74. The molecule has 3 nitrogen and oxygen atoms in total. The van der Waals surface area contributed by atoms with E-state index in [9.17, 15) is 0 Å². The van der Waals surface area contributed by atoms with Crippen LogP contribution in [0.25, 0.3) is 10.8 Å². The predicted molar refractivity (Wildman–Crippen MR) is 89.2 cm³/mol. The van der Waals surface area contributed by atoms with Gasteiger partial charge in [0.1, 0.15) is 0 Å². The predicted octanol–water partition coefficient (Wildman–Crippen LogP) is 4.69. The van der Waals surface area contributed by atoms with Gasteiger partial charge in [0.2, 0.25) is 0 Å². The lowest BCUT2D eigenvalue weighted by molar-refractivity contribution is 0.114. The average Bonchev–Trinajstić information content (AvgIpc) is 2.51. The standard InChI is InChI=1S/C18H26N2O/c1-2-3-4-5-6-7-11-21-14-16-12-17-15(13-20-16)9-8-10-18(17)19/h8-10,12-13H,2-7,11,14,19H2,1H3. The van der Waals surface area contributed by atoms with Gasteiger partial charge in [-0.2, -0.15) is 0 Å². The van der Waals surface area contributed by atoms with Gasteiger partial charge in [-0.15, -0.1) is 0 Å². The molecule has 1 aromatic heterocycles. The second-order valence-corrected chi connectivity index (χ2v) is 5.56. The van der Waals surface area contributed by atoms with E-state index >= 15 is 0 Å². The minimum Gasteiger partial charge on any atom is -0.398 e. The van der Waals surface area contributed by atoms with Crippen LogP contribution >= 0.6 is 0 Å².